The van der Waals surface area contributed by atoms with Gasteiger partial charge in [0.2, 0.25) is 0 Å². The number of hydrogen-bond donors (Lipinski definition) is 0. The zero-order valence-corrected chi connectivity index (χ0v) is 28.6. The number of aryl methyl sites for hydroxylation is 3. The molecule has 2 aliphatic rings. The highest BCUT2D eigenvalue weighted by Gasteiger charge is 2.40. The van der Waals surface area contributed by atoms with E-state index in [9.17, 15) is 22.8 Å². The molecule has 0 spiro atoms. The number of amides is 1. The number of fused-ring (bicyclic) bond motifs is 1. The average molecular weight is 680 g/mol. The number of carbonyl (C=O) groups excluding carboxylic acids is 2. The van der Waals surface area contributed by atoms with E-state index in [0.29, 0.717) is 30.9 Å². The molecule has 0 radical (unpaired) electrons. The van der Waals surface area contributed by atoms with Crippen molar-refractivity contribution in [3.63, 3.8) is 0 Å². The second kappa shape index (κ2) is 12.5. The van der Waals surface area contributed by atoms with E-state index in [-0.39, 0.29) is 53.4 Å². The Hall–Kier alpha value is -4.88. The van der Waals surface area contributed by atoms with E-state index < -0.39 is 23.4 Å². The quantitative estimate of drug-likeness (QED) is 0.240. The molecule has 49 heavy (non-hydrogen) atoms. The van der Waals surface area contributed by atoms with Gasteiger partial charge in [0.05, 0.1) is 24.1 Å². The van der Waals surface area contributed by atoms with Crippen LogP contribution < -0.4 is 9.64 Å². The topological polar surface area (TPSA) is 108 Å². The van der Waals surface area contributed by atoms with Gasteiger partial charge in [0.1, 0.15) is 23.0 Å². The molecule has 0 aliphatic carbocycles. The number of hydrogen-bond acceptors (Lipinski definition) is 8. The van der Waals surface area contributed by atoms with E-state index in [1.165, 1.54) is 13.2 Å². The van der Waals surface area contributed by atoms with Crippen LogP contribution >= 0.6 is 0 Å². The molecule has 14 heteroatoms. The lowest BCUT2D eigenvalue weighted by Gasteiger charge is -2.44. The molecule has 0 saturated carbocycles. The summed E-state index contributed by atoms with van der Waals surface area (Å²) in [6, 6.07) is 7.19. The van der Waals surface area contributed by atoms with Crippen molar-refractivity contribution in [3.05, 3.63) is 76.8 Å². The Morgan fingerprint density at radius 1 is 1.08 bits per heavy atom. The van der Waals surface area contributed by atoms with Crippen molar-refractivity contribution in [3.8, 4) is 16.9 Å². The molecule has 260 valence electrons. The van der Waals surface area contributed by atoms with Crippen LogP contribution in [-0.2, 0) is 30.9 Å². The summed E-state index contributed by atoms with van der Waals surface area (Å²) in [5.74, 6) is 0.751. The molecule has 11 nitrogen and oxygen atoms in total. The number of pyridine rings is 1. The number of ketones is 1. The van der Waals surface area contributed by atoms with Crippen LogP contribution in [0, 0.1) is 19.8 Å². The van der Waals surface area contributed by atoms with Crippen molar-refractivity contribution in [2.24, 2.45) is 13.0 Å². The Morgan fingerprint density at radius 2 is 1.80 bits per heavy atom. The van der Waals surface area contributed by atoms with Gasteiger partial charge in [0, 0.05) is 75.6 Å². The molecule has 0 N–H and O–H groups in total. The number of Topliss-reactive ketones (excluding diaryl/α,β-unsaturated/α-hetero) is 1. The second-order valence-electron chi connectivity index (χ2n) is 13.9. The van der Waals surface area contributed by atoms with Crippen LogP contribution in [0.5, 0.6) is 5.75 Å². The number of ether oxygens (including phenoxy) is 2. The first-order valence-corrected chi connectivity index (χ1v) is 16.1. The minimum absolute atomic E-state index is 0.0160. The number of halogens is 3. The van der Waals surface area contributed by atoms with E-state index in [2.05, 4.69) is 15.0 Å². The first-order chi connectivity index (χ1) is 23.0. The monoisotopic (exact) mass is 679 g/mol. The maximum absolute atomic E-state index is 14.1. The normalized spacial score (nSPS) is 16.7. The predicted octanol–water partition coefficient (Wildman–Crippen LogP) is 5.85. The van der Waals surface area contributed by atoms with Crippen molar-refractivity contribution in [1.29, 1.82) is 0 Å². The summed E-state index contributed by atoms with van der Waals surface area (Å²) in [6.07, 6.45) is -0.0899. The van der Waals surface area contributed by atoms with Gasteiger partial charge in [-0.1, -0.05) is 0 Å². The average Bonchev–Trinajstić information content (AvgIpc) is 3.57. The number of anilines is 1. The van der Waals surface area contributed by atoms with E-state index in [1.807, 2.05) is 51.3 Å². The van der Waals surface area contributed by atoms with Crippen LogP contribution in [0.4, 0.5) is 23.8 Å². The Labute approximate surface area is 282 Å². The van der Waals surface area contributed by atoms with Gasteiger partial charge in [-0.3, -0.25) is 9.48 Å². The zero-order chi connectivity index (χ0) is 35.4. The van der Waals surface area contributed by atoms with Crippen LogP contribution in [0.3, 0.4) is 0 Å². The fourth-order valence-corrected chi connectivity index (χ4v) is 6.22. The first-order valence-electron chi connectivity index (χ1n) is 16.1. The summed E-state index contributed by atoms with van der Waals surface area (Å²) >= 11 is 0. The van der Waals surface area contributed by atoms with E-state index >= 15 is 0 Å². The van der Waals surface area contributed by atoms with Gasteiger partial charge in [-0.25, -0.2) is 14.8 Å². The smallest absolute Gasteiger partial charge is 0.435 e. The Kier molecular flexibility index (Phi) is 8.70. The third-order valence-electron chi connectivity index (χ3n) is 8.76. The summed E-state index contributed by atoms with van der Waals surface area (Å²) in [6.45, 7) is 10.7. The first kappa shape index (κ1) is 34.0. The van der Waals surface area contributed by atoms with Crippen molar-refractivity contribution >= 4 is 17.7 Å². The Balaban J connectivity index is 1.26. The van der Waals surface area contributed by atoms with Crippen molar-refractivity contribution < 1.29 is 32.2 Å². The lowest BCUT2D eigenvalue weighted by atomic mass is 9.87. The third-order valence-corrected chi connectivity index (χ3v) is 8.76. The van der Waals surface area contributed by atoms with E-state index in [4.69, 9.17) is 14.5 Å². The largest absolute Gasteiger partial charge is 0.491 e. The van der Waals surface area contributed by atoms with Crippen molar-refractivity contribution in [1.82, 2.24) is 29.2 Å². The van der Waals surface area contributed by atoms with Crippen LogP contribution in [0.15, 0.2) is 42.9 Å². The lowest BCUT2D eigenvalue weighted by Crippen LogP contribution is -2.60. The van der Waals surface area contributed by atoms with Gasteiger partial charge in [-0.15, -0.1) is 0 Å². The van der Waals surface area contributed by atoms with Gasteiger partial charge in [-0.05, 0) is 70.0 Å². The molecule has 1 aromatic carbocycles. The van der Waals surface area contributed by atoms with Gasteiger partial charge in [-0.2, -0.15) is 18.3 Å². The van der Waals surface area contributed by atoms with E-state index in [1.54, 1.807) is 36.5 Å². The Bertz CT molecular complexity index is 1900. The molecule has 4 aromatic rings. The van der Waals surface area contributed by atoms with Crippen LogP contribution in [-0.4, -0.2) is 79.5 Å². The summed E-state index contributed by atoms with van der Waals surface area (Å²) in [5.41, 5.74) is 0.884. The number of benzene rings is 1. The summed E-state index contributed by atoms with van der Waals surface area (Å²) in [4.78, 5) is 39.4. The standard InChI is InChI=1S/C35H40F3N7O4/c1-20-10-24(40-29(11-20)45-16-25(17-45)43(7)33(47)49-34(3,4)5)14-23-19-48-31-26(28-18-42(6)41-32(28)35(36,37)38)12-22(13-27(31)30(23)46)15-44-9-8-39-21(44)2/h8-13,18,23,25H,14-17,19H2,1-7H3/t23-/m0/s1. The highest BCUT2D eigenvalue weighted by molar-refractivity contribution is 6.04. The number of rotatable bonds is 7. The molecular weight excluding hydrogens is 639 g/mol. The molecule has 0 bridgehead atoms. The number of alkyl halides is 3. The zero-order valence-electron chi connectivity index (χ0n) is 28.6. The van der Waals surface area contributed by atoms with E-state index in [0.717, 1.165) is 21.9 Å². The van der Waals surface area contributed by atoms with Gasteiger partial charge in [0.25, 0.3) is 0 Å². The molecule has 1 amide bonds. The van der Waals surface area contributed by atoms with Crippen LogP contribution in [0.25, 0.3) is 11.1 Å². The lowest BCUT2D eigenvalue weighted by molar-refractivity contribution is -0.141. The van der Waals surface area contributed by atoms with Crippen LogP contribution in [0.2, 0.25) is 0 Å². The molecule has 3 aromatic heterocycles. The number of likely N-dealkylation sites (N-methyl/N-ethyl adjacent to an activating group) is 1. The number of carbonyl (C=O) groups is 2. The Morgan fingerprint density at radius 3 is 2.45 bits per heavy atom. The van der Waals surface area contributed by atoms with Gasteiger partial charge >= 0.3 is 12.3 Å². The molecule has 1 atom stereocenters. The third kappa shape index (κ3) is 7.13. The molecule has 1 saturated heterocycles. The van der Waals surface area contributed by atoms with Crippen molar-refractivity contribution in [2.75, 3.05) is 31.6 Å². The molecular formula is C35H40F3N7O4. The van der Waals surface area contributed by atoms with Crippen molar-refractivity contribution in [2.45, 2.75) is 65.4 Å². The van der Waals surface area contributed by atoms with Crippen LogP contribution in [0.1, 0.15) is 59.5 Å². The van der Waals surface area contributed by atoms with Gasteiger partial charge < -0.3 is 23.8 Å². The molecule has 6 rings (SSSR count). The molecule has 0 unspecified atom stereocenters. The minimum atomic E-state index is -4.71. The highest BCUT2D eigenvalue weighted by Crippen LogP contribution is 2.44. The number of nitrogens with zero attached hydrogens (tertiary/aromatic N) is 7. The maximum Gasteiger partial charge on any atom is 0.435 e. The minimum Gasteiger partial charge on any atom is -0.491 e. The fraction of sp³-hybridized carbons (Fsp3) is 0.457. The highest BCUT2D eigenvalue weighted by atomic mass is 19.4. The molecule has 2 aliphatic heterocycles. The fourth-order valence-electron chi connectivity index (χ4n) is 6.22. The SMILES string of the molecule is Cc1cc(C[C@H]2COc3c(cc(Cn4ccnc4C)cc3-c3cn(C)nc3C(F)(F)F)C2=O)nc(N2CC(N(C)C(=O)OC(C)(C)C)C2)c1. The number of imidazole rings is 1. The summed E-state index contributed by atoms with van der Waals surface area (Å²) < 4.78 is 56.9. The second-order valence-corrected chi connectivity index (χ2v) is 13.9. The summed E-state index contributed by atoms with van der Waals surface area (Å²) in [5, 5.41) is 3.69. The summed E-state index contributed by atoms with van der Waals surface area (Å²) in [7, 11) is 3.15. The number of aromatic nitrogens is 5. The molecule has 1 fully saturated rings. The van der Waals surface area contributed by atoms with Gasteiger partial charge in [0.15, 0.2) is 11.5 Å². The molecule has 5 heterocycles. The maximum atomic E-state index is 14.1. The predicted molar refractivity (Wildman–Crippen MR) is 176 cm³/mol.